The van der Waals surface area contributed by atoms with Crippen LogP contribution >= 0.6 is 11.8 Å². The minimum Gasteiger partial charge on any atom is -0.452 e. The molecular formula is C28H28N2O4S. The summed E-state index contributed by atoms with van der Waals surface area (Å²) in [5.74, 6) is -0.657. The van der Waals surface area contributed by atoms with E-state index < -0.39 is 18.5 Å². The highest BCUT2D eigenvalue weighted by atomic mass is 32.2. The van der Waals surface area contributed by atoms with Crippen molar-refractivity contribution >= 4 is 35.2 Å². The number of carbonyl (C=O) groups excluding carboxylic acids is 3. The third kappa shape index (κ3) is 6.96. The molecule has 0 spiro atoms. The van der Waals surface area contributed by atoms with Gasteiger partial charge in [0.05, 0.1) is 11.3 Å². The van der Waals surface area contributed by atoms with Crippen molar-refractivity contribution in [2.24, 2.45) is 0 Å². The van der Waals surface area contributed by atoms with E-state index in [9.17, 15) is 14.4 Å². The van der Waals surface area contributed by atoms with Crippen molar-refractivity contribution in [2.45, 2.75) is 24.2 Å². The molecule has 1 fully saturated rings. The van der Waals surface area contributed by atoms with Crippen LogP contribution in [0.2, 0.25) is 0 Å². The molecule has 0 aromatic heterocycles. The van der Waals surface area contributed by atoms with Crippen LogP contribution < -0.4 is 5.32 Å². The quantitative estimate of drug-likeness (QED) is 0.346. The van der Waals surface area contributed by atoms with Crippen molar-refractivity contribution in [3.8, 4) is 0 Å². The van der Waals surface area contributed by atoms with E-state index in [0.717, 1.165) is 37.1 Å². The summed E-state index contributed by atoms with van der Waals surface area (Å²) in [5.41, 5.74) is 3.15. The Hall–Kier alpha value is -3.58. The van der Waals surface area contributed by atoms with Crippen LogP contribution in [-0.2, 0) is 20.7 Å². The van der Waals surface area contributed by atoms with E-state index in [2.05, 4.69) is 5.32 Å². The zero-order chi connectivity index (χ0) is 24.5. The van der Waals surface area contributed by atoms with Gasteiger partial charge in [0.25, 0.3) is 5.91 Å². The molecule has 1 heterocycles. The number of nitrogens with one attached hydrogen (secondary N) is 1. The number of ether oxygens (including phenoxy) is 1. The highest BCUT2D eigenvalue weighted by molar-refractivity contribution is 8.00. The fourth-order valence-corrected chi connectivity index (χ4v) is 4.91. The zero-order valence-corrected chi connectivity index (χ0v) is 20.3. The number of amides is 2. The lowest BCUT2D eigenvalue weighted by Crippen LogP contribution is -2.29. The standard InChI is InChI=1S/C28H28N2O4S/c31-26(29-24-14-6-4-12-22(24)18-21-10-2-1-3-11-21)19-34-28(33)23-13-5-7-15-25(23)35-20-27(32)30-16-8-9-17-30/h1-7,10-15H,8-9,16-20H2,(H,29,31). The van der Waals surface area contributed by atoms with Gasteiger partial charge in [0.2, 0.25) is 5.91 Å². The molecule has 35 heavy (non-hydrogen) atoms. The molecule has 1 aliphatic heterocycles. The van der Waals surface area contributed by atoms with Crippen LogP contribution in [0.1, 0.15) is 34.3 Å². The summed E-state index contributed by atoms with van der Waals surface area (Å²) >= 11 is 1.32. The summed E-state index contributed by atoms with van der Waals surface area (Å²) in [5, 5.41) is 2.85. The average molecular weight is 489 g/mol. The van der Waals surface area contributed by atoms with Crippen molar-refractivity contribution in [2.75, 3.05) is 30.8 Å². The summed E-state index contributed by atoms with van der Waals surface area (Å²) < 4.78 is 5.31. The maximum atomic E-state index is 12.7. The molecule has 0 bridgehead atoms. The summed E-state index contributed by atoms with van der Waals surface area (Å²) in [4.78, 5) is 40.2. The first kappa shape index (κ1) is 24.5. The Morgan fingerprint density at radius 2 is 1.54 bits per heavy atom. The maximum Gasteiger partial charge on any atom is 0.339 e. The first-order valence-corrected chi connectivity index (χ1v) is 12.7. The number of para-hydroxylation sites is 1. The molecule has 3 aromatic carbocycles. The molecule has 1 saturated heterocycles. The molecule has 2 amide bonds. The van der Waals surface area contributed by atoms with Gasteiger partial charge in [-0.05, 0) is 48.6 Å². The molecule has 4 rings (SSSR count). The number of benzene rings is 3. The molecular weight excluding hydrogens is 460 g/mol. The van der Waals surface area contributed by atoms with Gasteiger partial charge >= 0.3 is 5.97 Å². The lowest BCUT2D eigenvalue weighted by atomic mass is 10.0. The molecule has 3 aromatic rings. The monoisotopic (exact) mass is 488 g/mol. The van der Waals surface area contributed by atoms with Crippen LogP contribution in [0.4, 0.5) is 5.69 Å². The smallest absolute Gasteiger partial charge is 0.339 e. The van der Waals surface area contributed by atoms with Crippen molar-refractivity contribution in [3.63, 3.8) is 0 Å². The molecule has 180 valence electrons. The fraction of sp³-hybridized carbons (Fsp3) is 0.250. The lowest BCUT2D eigenvalue weighted by Gasteiger charge is -2.15. The predicted octanol–water partition coefficient (Wildman–Crippen LogP) is 4.79. The van der Waals surface area contributed by atoms with Gasteiger partial charge in [-0.25, -0.2) is 4.79 Å². The lowest BCUT2D eigenvalue weighted by molar-refractivity contribution is -0.127. The summed E-state index contributed by atoms with van der Waals surface area (Å²) in [7, 11) is 0. The molecule has 6 nitrogen and oxygen atoms in total. The van der Waals surface area contributed by atoms with Crippen molar-refractivity contribution in [1.29, 1.82) is 0 Å². The van der Waals surface area contributed by atoms with Gasteiger partial charge in [0.15, 0.2) is 6.61 Å². The van der Waals surface area contributed by atoms with E-state index in [1.165, 1.54) is 11.8 Å². The fourth-order valence-electron chi connectivity index (χ4n) is 3.97. The van der Waals surface area contributed by atoms with E-state index in [0.29, 0.717) is 22.6 Å². The SMILES string of the molecule is O=C(COC(=O)c1ccccc1SCC(=O)N1CCCC1)Nc1ccccc1Cc1ccccc1. The van der Waals surface area contributed by atoms with E-state index >= 15 is 0 Å². The van der Waals surface area contributed by atoms with E-state index in [1.54, 1.807) is 18.2 Å². The summed E-state index contributed by atoms with van der Waals surface area (Å²) in [6.07, 6.45) is 2.76. The largest absolute Gasteiger partial charge is 0.452 e. The van der Waals surface area contributed by atoms with Crippen LogP contribution in [0.3, 0.4) is 0 Å². The summed E-state index contributed by atoms with van der Waals surface area (Å²) in [6, 6.07) is 24.6. The molecule has 0 atom stereocenters. The van der Waals surface area contributed by atoms with Gasteiger partial charge in [0, 0.05) is 23.7 Å². The molecule has 0 unspecified atom stereocenters. The van der Waals surface area contributed by atoms with Crippen LogP contribution in [0.25, 0.3) is 0 Å². The Balaban J connectivity index is 1.32. The molecule has 1 aliphatic rings. The molecule has 0 saturated carbocycles. The van der Waals surface area contributed by atoms with Gasteiger partial charge in [-0.3, -0.25) is 9.59 Å². The second-order valence-electron chi connectivity index (χ2n) is 8.32. The Labute approximate surface area is 209 Å². The normalized spacial score (nSPS) is 12.9. The van der Waals surface area contributed by atoms with E-state index in [1.807, 2.05) is 65.6 Å². The molecule has 1 N–H and O–H groups in total. The van der Waals surface area contributed by atoms with Crippen molar-refractivity contribution in [3.05, 3.63) is 95.6 Å². The van der Waals surface area contributed by atoms with Gasteiger partial charge in [-0.1, -0.05) is 60.7 Å². The predicted molar refractivity (Wildman–Crippen MR) is 138 cm³/mol. The van der Waals surface area contributed by atoms with Gasteiger partial charge in [0.1, 0.15) is 0 Å². The minimum absolute atomic E-state index is 0.0733. The zero-order valence-electron chi connectivity index (χ0n) is 19.4. The number of likely N-dealkylation sites (tertiary alicyclic amines) is 1. The van der Waals surface area contributed by atoms with Crippen LogP contribution in [0.5, 0.6) is 0 Å². The number of nitrogens with zero attached hydrogens (tertiary/aromatic N) is 1. The Bertz CT molecular complexity index is 1180. The van der Waals surface area contributed by atoms with Crippen LogP contribution in [-0.4, -0.2) is 48.1 Å². The maximum absolute atomic E-state index is 12.7. The third-order valence-electron chi connectivity index (χ3n) is 5.78. The minimum atomic E-state index is -0.588. The Morgan fingerprint density at radius 1 is 0.857 bits per heavy atom. The number of anilines is 1. The number of esters is 1. The number of thioether (sulfide) groups is 1. The van der Waals surface area contributed by atoms with Crippen molar-refractivity contribution in [1.82, 2.24) is 4.90 Å². The molecule has 0 radical (unpaired) electrons. The number of hydrogen-bond acceptors (Lipinski definition) is 5. The second kappa shape index (κ2) is 12.2. The van der Waals surface area contributed by atoms with E-state index in [4.69, 9.17) is 4.74 Å². The average Bonchev–Trinajstić information content (AvgIpc) is 3.43. The van der Waals surface area contributed by atoms with Gasteiger partial charge < -0.3 is 15.0 Å². The van der Waals surface area contributed by atoms with Gasteiger partial charge in [-0.2, -0.15) is 0 Å². The third-order valence-corrected chi connectivity index (χ3v) is 6.84. The topological polar surface area (TPSA) is 75.7 Å². The van der Waals surface area contributed by atoms with Crippen LogP contribution in [0.15, 0.2) is 83.8 Å². The van der Waals surface area contributed by atoms with E-state index in [-0.39, 0.29) is 11.7 Å². The number of rotatable bonds is 9. The Morgan fingerprint density at radius 3 is 2.34 bits per heavy atom. The highest BCUT2D eigenvalue weighted by Crippen LogP contribution is 2.25. The van der Waals surface area contributed by atoms with Crippen LogP contribution in [0, 0.1) is 0 Å². The highest BCUT2D eigenvalue weighted by Gasteiger charge is 2.20. The number of hydrogen-bond donors (Lipinski definition) is 1. The number of carbonyl (C=O) groups is 3. The second-order valence-corrected chi connectivity index (χ2v) is 9.33. The first-order valence-electron chi connectivity index (χ1n) is 11.7. The van der Waals surface area contributed by atoms with Gasteiger partial charge in [-0.15, -0.1) is 11.8 Å². The first-order chi connectivity index (χ1) is 17.1. The molecule has 7 heteroatoms. The summed E-state index contributed by atoms with van der Waals surface area (Å²) in [6.45, 7) is 1.20. The molecule has 0 aliphatic carbocycles. The Kier molecular flexibility index (Phi) is 8.57. The van der Waals surface area contributed by atoms with Crippen molar-refractivity contribution < 1.29 is 19.1 Å².